The molecule has 1 aromatic carbocycles. The molecule has 5 rings (SSSR count). The van der Waals surface area contributed by atoms with Crippen LogP contribution in [0.1, 0.15) is 47.6 Å². The molecule has 0 spiro atoms. The zero-order chi connectivity index (χ0) is 21.0. The molecule has 0 unspecified atom stereocenters. The fourth-order valence-electron chi connectivity index (χ4n) is 4.46. The van der Waals surface area contributed by atoms with Crippen LogP contribution in [0.15, 0.2) is 48.9 Å². The summed E-state index contributed by atoms with van der Waals surface area (Å²) in [6, 6.07) is 12.4. The minimum absolute atomic E-state index is 0.0246. The molecule has 2 aromatic heterocycles. The van der Waals surface area contributed by atoms with Gasteiger partial charge >= 0.3 is 0 Å². The highest BCUT2D eigenvalue weighted by Crippen LogP contribution is 2.25. The molecule has 2 fully saturated rings. The van der Waals surface area contributed by atoms with Crippen LogP contribution in [0.25, 0.3) is 11.2 Å². The summed E-state index contributed by atoms with van der Waals surface area (Å²) in [5, 5.41) is 0. The van der Waals surface area contributed by atoms with E-state index in [1.54, 1.807) is 6.20 Å². The molecule has 2 aliphatic rings. The van der Waals surface area contributed by atoms with Crippen molar-refractivity contribution in [3.05, 3.63) is 60.0 Å². The number of benzene rings is 1. The van der Waals surface area contributed by atoms with Gasteiger partial charge in [-0.1, -0.05) is 30.3 Å². The van der Waals surface area contributed by atoms with Crippen LogP contribution in [0.3, 0.4) is 0 Å². The highest BCUT2D eigenvalue weighted by molar-refractivity contribution is 5.96. The van der Waals surface area contributed by atoms with E-state index >= 15 is 0 Å². The maximum Gasteiger partial charge on any atom is 0.255 e. The van der Waals surface area contributed by atoms with Gasteiger partial charge in [0.05, 0.1) is 24.6 Å². The normalized spacial score (nSPS) is 18.5. The monoisotopic (exact) mass is 420 g/mol. The van der Waals surface area contributed by atoms with Crippen molar-refractivity contribution in [1.29, 1.82) is 0 Å². The largest absolute Gasteiger partial charge is 0.381 e. The zero-order valence-corrected chi connectivity index (χ0v) is 17.7. The molecule has 2 aliphatic heterocycles. The molecular formula is C24H28N4O3. The predicted octanol–water partition coefficient (Wildman–Crippen LogP) is 3.60. The Kier molecular flexibility index (Phi) is 5.95. The van der Waals surface area contributed by atoms with Gasteiger partial charge in [0.2, 0.25) is 0 Å². The second-order valence-corrected chi connectivity index (χ2v) is 8.35. The summed E-state index contributed by atoms with van der Waals surface area (Å²) in [7, 11) is 0. The molecule has 3 aromatic rings. The van der Waals surface area contributed by atoms with Gasteiger partial charge in [-0.25, -0.2) is 9.97 Å². The summed E-state index contributed by atoms with van der Waals surface area (Å²) in [4.78, 5) is 24.0. The molecule has 0 aliphatic carbocycles. The molecule has 1 amide bonds. The van der Waals surface area contributed by atoms with Gasteiger partial charge in [-0.15, -0.1) is 0 Å². The lowest BCUT2D eigenvalue weighted by Crippen LogP contribution is -2.40. The Morgan fingerprint density at radius 1 is 1.06 bits per heavy atom. The standard InChI is InChI=1S/C24H28N4O3/c29-24(27-10-6-21(7-11-27)31-16-18-4-2-1-3-5-18)19-14-22-23(25-15-19)28(17-26-22)20-8-12-30-13-9-20/h1-5,14-15,17,20-21H,6-13,16H2. The third-order valence-corrected chi connectivity index (χ3v) is 6.30. The zero-order valence-electron chi connectivity index (χ0n) is 17.7. The summed E-state index contributed by atoms with van der Waals surface area (Å²) in [5.41, 5.74) is 3.41. The number of carbonyl (C=O) groups excluding carboxylic acids is 1. The Hall–Kier alpha value is -2.77. The van der Waals surface area contributed by atoms with Crippen molar-refractivity contribution in [3.63, 3.8) is 0 Å². The van der Waals surface area contributed by atoms with Gasteiger partial charge < -0.3 is 18.9 Å². The Morgan fingerprint density at radius 3 is 2.61 bits per heavy atom. The van der Waals surface area contributed by atoms with Crippen molar-refractivity contribution in [2.45, 2.75) is 44.4 Å². The Morgan fingerprint density at radius 2 is 1.84 bits per heavy atom. The first-order valence-electron chi connectivity index (χ1n) is 11.1. The molecule has 0 saturated carbocycles. The van der Waals surface area contributed by atoms with Crippen LogP contribution in [-0.4, -0.2) is 57.7 Å². The third-order valence-electron chi connectivity index (χ3n) is 6.30. The number of fused-ring (bicyclic) bond motifs is 1. The molecule has 0 radical (unpaired) electrons. The number of amides is 1. The van der Waals surface area contributed by atoms with Gasteiger partial charge in [-0.3, -0.25) is 4.79 Å². The van der Waals surface area contributed by atoms with Gasteiger partial charge in [0, 0.05) is 38.5 Å². The second kappa shape index (κ2) is 9.16. The number of rotatable bonds is 5. The number of likely N-dealkylation sites (tertiary alicyclic amines) is 1. The van der Waals surface area contributed by atoms with Crippen LogP contribution in [-0.2, 0) is 16.1 Å². The number of nitrogens with zero attached hydrogens (tertiary/aromatic N) is 4. The maximum absolute atomic E-state index is 13.0. The number of piperidine rings is 1. The van der Waals surface area contributed by atoms with Gasteiger partial charge in [0.25, 0.3) is 5.91 Å². The average molecular weight is 421 g/mol. The summed E-state index contributed by atoms with van der Waals surface area (Å²) in [6.45, 7) is 3.56. The quantitative estimate of drug-likeness (QED) is 0.631. The van der Waals surface area contributed by atoms with E-state index in [1.807, 2.05) is 35.5 Å². The molecule has 0 atom stereocenters. The third kappa shape index (κ3) is 4.48. The van der Waals surface area contributed by atoms with Crippen LogP contribution < -0.4 is 0 Å². The van der Waals surface area contributed by atoms with Crippen LogP contribution in [0.2, 0.25) is 0 Å². The molecule has 162 valence electrons. The van der Waals surface area contributed by atoms with E-state index in [-0.39, 0.29) is 12.0 Å². The number of hydrogen-bond donors (Lipinski definition) is 0. The number of aromatic nitrogens is 3. The van der Waals surface area contributed by atoms with Gasteiger partial charge in [-0.2, -0.15) is 0 Å². The van der Waals surface area contributed by atoms with Gasteiger partial charge in [0.15, 0.2) is 5.65 Å². The Bertz CT molecular complexity index is 1020. The van der Waals surface area contributed by atoms with Crippen molar-refractivity contribution < 1.29 is 14.3 Å². The van der Waals surface area contributed by atoms with E-state index in [0.717, 1.165) is 50.1 Å². The molecule has 0 N–H and O–H groups in total. The van der Waals surface area contributed by atoms with E-state index in [9.17, 15) is 4.79 Å². The first kappa shape index (κ1) is 20.2. The average Bonchev–Trinajstić information content (AvgIpc) is 3.27. The molecule has 0 bridgehead atoms. The van der Waals surface area contributed by atoms with E-state index in [0.29, 0.717) is 31.3 Å². The molecule has 2 saturated heterocycles. The fourth-order valence-corrected chi connectivity index (χ4v) is 4.46. The molecule has 7 heteroatoms. The number of hydrogen-bond acceptors (Lipinski definition) is 5. The van der Waals surface area contributed by atoms with Crippen molar-refractivity contribution in [2.24, 2.45) is 0 Å². The van der Waals surface area contributed by atoms with Crippen LogP contribution >= 0.6 is 0 Å². The maximum atomic E-state index is 13.0. The first-order chi connectivity index (χ1) is 15.3. The lowest BCUT2D eigenvalue weighted by Gasteiger charge is -2.32. The minimum Gasteiger partial charge on any atom is -0.381 e. The number of imidazole rings is 1. The fraction of sp³-hybridized carbons (Fsp3) is 0.458. The summed E-state index contributed by atoms with van der Waals surface area (Å²) in [5.74, 6) is 0.0246. The minimum atomic E-state index is 0.0246. The van der Waals surface area contributed by atoms with Crippen molar-refractivity contribution >= 4 is 17.1 Å². The summed E-state index contributed by atoms with van der Waals surface area (Å²) >= 11 is 0. The van der Waals surface area contributed by atoms with E-state index in [4.69, 9.17) is 9.47 Å². The van der Waals surface area contributed by atoms with Crippen LogP contribution in [0, 0.1) is 0 Å². The van der Waals surface area contributed by atoms with Crippen LogP contribution in [0.4, 0.5) is 0 Å². The molecule has 7 nitrogen and oxygen atoms in total. The lowest BCUT2D eigenvalue weighted by atomic mass is 10.1. The number of carbonyl (C=O) groups is 1. The molecular weight excluding hydrogens is 392 g/mol. The van der Waals surface area contributed by atoms with Crippen molar-refractivity contribution in [1.82, 2.24) is 19.4 Å². The van der Waals surface area contributed by atoms with Crippen molar-refractivity contribution in [2.75, 3.05) is 26.3 Å². The van der Waals surface area contributed by atoms with E-state index in [1.165, 1.54) is 5.56 Å². The predicted molar refractivity (Wildman–Crippen MR) is 117 cm³/mol. The van der Waals surface area contributed by atoms with Crippen molar-refractivity contribution in [3.8, 4) is 0 Å². The SMILES string of the molecule is O=C(c1cnc2c(c1)ncn2C1CCOCC1)N1CCC(OCc2ccccc2)CC1. The number of pyridine rings is 1. The number of ether oxygens (including phenoxy) is 2. The molecule has 31 heavy (non-hydrogen) atoms. The summed E-state index contributed by atoms with van der Waals surface area (Å²) in [6.07, 6.45) is 7.38. The summed E-state index contributed by atoms with van der Waals surface area (Å²) < 4.78 is 13.6. The Balaban J connectivity index is 1.19. The van der Waals surface area contributed by atoms with E-state index in [2.05, 4.69) is 26.7 Å². The van der Waals surface area contributed by atoms with Crippen LogP contribution in [0.5, 0.6) is 0 Å². The first-order valence-corrected chi connectivity index (χ1v) is 11.1. The topological polar surface area (TPSA) is 69.5 Å². The van der Waals surface area contributed by atoms with Gasteiger partial charge in [-0.05, 0) is 37.3 Å². The highest BCUT2D eigenvalue weighted by Gasteiger charge is 2.25. The molecule has 4 heterocycles. The lowest BCUT2D eigenvalue weighted by molar-refractivity contribution is -0.000384. The second-order valence-electron chi connectivity index (χ2n) is 8.35. The smallest absolute Gasteiger partial charge is 0.255 e. The van der Waals surface area contributed by atoms with E-state index < -0.39 is 0 Å². The van der Waals surface area contributed by atoms with Gasteiger partial charge in [0.1, 0.15) is 5.52 Å². The highest BCUT2D eigenvalue weighted by atomic mass is 16.5. The Labute approximate surface area is 182 Å².